The largest absolute Gasteiger partial charge is 0.487 e. The van der Waals surface area contributed by atoms with Gasteiger partial charge in [-0.25, -0.2) is 4.98 Å². The highest BCUT2D eigenvalue weighted by Crippen LogP contribution is 2.39. The van der Waals surface area contributed by atoms with Crippen LogP contribution in [0, 0.1) is 0 Å². The molecule has 2 heterocycles. The van der Waals surface area contributed by atoms with Gasteiger partial charge in [0.2, 0.25) is 0 Å². The van der Waals surface area contributed by atoms with Gasteiger partial charge in [0.15, 0.2) is 0 Å². The average Bonchev–Trinajstić information content (AvgIpc) is 2.95. The monoisotopic (exact) mass is 367 g/mol. The zero-order valence-corrected chi connectivity index (χ0v) is 15.4. The van der Waals surface area contributed by atoms with Crippen LogP contribution in [0.5, 0.6) is 5.75 Å². The Morgan fingerprint density at radius 2 is 2.21 bits per heavy atom. The third kappa shape index (κ3) is 4.06. The summed E-state index contributed by atoms with van der Waals surface area (Å²) in [5.74, 6) is 0.679. The number of halogens is 1. The normalized spacial score (nSPS) is 18.0. The van der Waals surface area contributed by atoms with Gasteiger partial charge in [-0.3, -0.25) is 4.79 Å². The van der Waals surface area contributed by atoms with Crippen molar-refractivity contribution in [3.8, 4) is 5.75 Å². The number of benzene rings is 1. The van der Waals surface area contributed by atoms with Gasteiger partial charge in [0.05, 0.1) is 11.0 Å². The van der Waals surface area contributed by atoms with Crippen molar-refractivity contribution in [2.24, 2.45) is 5.73 Å². The van der Waals surface area contributed by atoms with Gasteiger partial charge in [0.25, 0.3) is 5.91 Å². The quantitative estimate of drug-likeness (QED) is 0.870. The molecular weight excluding hydrogens is 346 g/mol. The van der Waals surface area contributed by atoms with E-state index < -0.39 is 0 Å². The fraction of sp³-hybridized carbons (Fsp3) is 0.412. The molecule has 0 saturated heterocycles. The summed E-state index contributed by atoms with van der Waals surface area (Å²) in [6.45, 7) is 4.60. The number of carbonyl (C=O) groups excluding carboxylic acids is 1. The van der Waals surface area contributed by atoms with E-state index in [0.29, 0.717) is 18.7 Å². The molecule has 24 heavy (non-hydrogen) atoms. The lowest BCUT2D eigenvalue weighted by atomic mass is 9.89. The molecule has 1 aliphatic rings. The van der Waals surface area contributed by atoms with Gasteiger partial charge >= 0.3 is 0 Å². The smallest absolute Gasteiger partial charge is 0.271 e. The molecule has 1 atom stereocenters. The van der Waals surface area contributed by atoms with Crippen LogP contribution in [0.1, 0.15) is 47.4 Å². The number of fused-ring (bicyclic) bond motifs is 1. The summed E-state index contributed by atoms with van der Waals surface area (Å²) in [6.07, 6.45) is 1.42. The van der Waals surface area contributed by atoms with Crippen LogP contribution in [0.4, 0.5) is 0 Å². The van der Waals surface area contributed by atoms with Crippen LogP contribution >= 0.6 is 23.7 Å². The molecule has 0 aliphatic carbocycles. The minimum atomic E-state index is -0.320. The van der Waals surface area contributed by atoms with Gasteiger partial charge in [-0.2, -0.15) is 0 Å². The van der Waals surface area contributed by atoms with Crippen LogP contribution in [-0.2, 0) is 6.42 Å². The van der Waals surface area contributed by atoms with Gasteiger partial charge in [-0.15, -0.1) is 23.7 Å². The van der Waals surface area contributed by atoms with Crippen molar-refractivity contribution in [1.82, 2.24) is 10.3 Å². The first kappa shape index (κ1) is 18.7. The Morgan fingerprint density at radius 3 is 2.96 bits per heavy atom. The number of aromatic nitrogens is 1. The van der Waals surface area contributed by atoms with E-state index in [9.17, 15) is 4.79 Å². The zero-order chi connectivity index (χ0) is 16.4. The summed E-state index contributed by atoms with van der Waals surface area (Å²) >= 11 is 1.47. The number of carbonyl (C=O) groups is 1. The van der Waals surface area contributed by atoms with Crippen molar-refractivity contribution in [2.75, 3.05) is 6.54 Å². The standard InChI is InChI=1S/C17H21N3O2S.ClH/c1-17(2)9-12(11-5-3-4-6-14(11)22-17)20-16(21)13-10-23-15(19-13)7-8-18;/h3-6,10,12H,7-9,18H2,1-2H3,(H,20,21);1H. The van der Waals surface area contributed by atoms with Gasteiger partial charge in [-0.05, 0) is 26.5 Å². The van der Waals surface area contributed by atoms with Crippen LogP contribution in [0.2, 0.25) is 0 Å². The summed E-state index contributed by atoms with van der Waals surface area (Å²) in [5.41, 5.74) is 6.68. The van der Waals surface area contributed by atoms with Gasteiger partial charge in [-0.1, -0.05) is 18.2 Å². The van der Waals surface area contributed by atoms with E-state index in [2.05, 4.69) is 10.3 Å². The van der Waals surface area contributed by atoms with E-state index in [0.717, 1.165) is 22.7 Å². The Morgan fingerprint density at radius 1 is 1.46 bits per heavy atom. The highest BCUT2D eigenvalue weighted by atomic mass is 35.5. The molecule has 0 radical (unpaired) electrons. The lowest BCUT2D eigenvalue weighted by Crippen LogP contribution is -2.41. The molecule has 1 aromatic heterocycles. The lowest BCUT2D eigenvalue weighted by molar-refractivity contribution is 0.0618. The minimum Gasteiger partial charge on any atom is -0.487 e. The Labute approximate surface area is 152 Å². The third-order valence-corrected chi connectivity index (χ3v) is 4.73. The summed E-state index contributed by atoms with van der Waals surface area (Å²) in [6, 6.07) is 7.76. The predicted octanol–water partition coefficient (Wildman–Crippen LogP) is 3.10. The van der Waals surface area contributed by atoms with Crippen LogP contribution in [0.25, 0.3) is 0 Å². The second-order valence-corrected chi connectivity index (χ2v) is 7.24. The van der Waals surface area contributed by atoms with Crippen molar-refractivity contribution >= 4 is 29.7 Å². The van der Waals surface area contributed by atoms with Gasteiger partial charge < -0.3 is 15.8 Å². The van der Waals surface area contributed by atoms with Crippen LogP contribution in [-0.4, -0.2) is 23.0 Å². The second-order valence-electron chi connectivity index (χ2n) is 6.29. The molecule has 1 unspecified atom stereocenters. The number of amides is 1. The highest BCUT2D eigenvalue weighted by molar-refractivity contribution is 7.09. The van der Waals surface area contributed by atoms with E-state index in [-0.39, 0.29) is 30.0 Å². The Bertz CT molecular complexity index is 717. The third-order valence-electron chi connectivity index (χ3n) is 3.82. The molecule has 1 aromatic carbocycles. The van der Waals surface area contributed by atoms with E-state index in [4.69, 9.17) is 10.5 Å². The molecule has 3 N–H and O–H groups in total. The SMILES string of the molecule is CC1(C)CC(NC(=O)c2csc(CCN)n2)c2ccccc2O1.Cl. The lowest BCUT2D eigenvalue weighted by Gasteiger charge is -2.37. The average molecular weight is 368 g/mol. The number of hydrogen-bond acceptors (Lipinski definition) is 5. The zero-order valence-electron chi connectivity index (χ0n) is 13.7. The number of thiazole rings is 1. The van der Waals surface area contributed by atoms with Gasteiger partial charge in [0, 0.05) is 23.8 Å². The second kappa shape index (κ2) is 7.51. The molecule has 2 aromatic rings. The fourth-order valence-electron chi connectivity index (χ4n) is 2.82. The molecule has 0 bridgehead atoms. The molecular formula is C17H22ClN3O2S. The Hall–Kier alpha value is -1.63. The first-order valence-electron chi connectivity index (χ1n) is 7.72. The summed E-state index contributed by atoms with van der Waals surface area (Å²) in [7, 11) is 0. The van der Waals surface area contributed by atoms with Crippen LogP contribution in [0.15, 0.2) is 29.6 Å². The summed E-state index contributed by atoms with van der Waals surface area (Å²) in [4.78, 5) is 16.9. The van der Waals surface area contributed by atoms with Crippen LogP contribution < -0.4 is 15.8 Å². The maximum absolute atomic E-state index is 12.5. The maximum Gasteiger partial charge on any atom is 0.271 e. The maximum atomic E-state index is 12.5. The van der Waals surface area contributed by atoms with Crippen LogP contribution in [0.3, 0.4) is 0 Å². The molecule has 1 aliphatic heterocycles. The number of nitrogens with two attached hydrogens (primary N) is 1. The number of ether oxygens (including phenoxy) is 1. The number of para-hydroxylation sites is 1. The molecule has 130 valence electrons. The van der Waals surface area contributed by atoms with Crippen molar-refractivity contribution in [3.05, 3.63) is 45.9 Å². The van der Waals surface area contributed by atoms with Crippen molar-refractivity contribution in [1.29, 1.82) is 0 Å². The molecule has 0 fully saturated rings. The van der Waals surface area contributed by atoms with E-state index in [1.54, 1.807) is 5.38 Å². The van der Waals surface area contributed by atoms with Crippen molar-refractivity contribution < 1.29 is 9.53 Å². The highest BCUT2D eigenvalue weighted by Gasteiger charge is 2.34. The van der Waals surface area contributed by atoms with Gasteiger partial charge in [0.1, 0.15) is 17.0 Å². The molecule has 7 heteroatoms. The molecule has 3 rings (SSSR count). The van der Waals surface area contributed by atoms with E-state index >= 15 is 0 Å². The molecule has 0 saturated carbocycles. The fourth-order valence-corrected chi connectivity index (χ4v) is 3.61. The first-order chi connectivity index (χ1) is 11.0. The number of nitrogens with one attached hydrogen (secondary N) is 1. The minimum absolute atomic E-state index is 0. The first-order valence-corrected chi connectivity index (χ1v) is 8.60. The Balaban J connectivity index is 0.00000208. The molecule has 1 amide bonds. The number of hydrogen-bond donors (Lipinski definition) is 2. The van der Waals surface area contributed by atoms with E-state index in [1.807, 2.05) is 38.1 Å². The number of rotatable bonds is 4. The summed E-state index contributed by atoms with van der Waals surface area (Å²) < 4.78 is 5.99. The summed E-state index contributed by atoms with van der Waals surface area (Å²) in [5, 5.41) is 5.78. The topological polar surface area (TPSA) is 77.2 Å². The van der Waals surface area contributed by atoms with Crippen molar-refractivity contribution in [2.45, 2.75) is 38.3 Å². The number of nitrogens with zero attached hydrogens (tertiary/aromatic N) is 1. The van der Waals surface area contributed by atoms with Crippen molar-refractivity contribution in [3.63, 3.8) is 0 Å². The molecule has 0 spiro atoms. The Kier molecular flexibility index (Phi) is 5.85. The predicted molar refractivity (Wildman–Crippen MR) is 98.1 cm³/mol. The van der Waals surface area contributed by atoms with E-state index in [1.165, 1.54) is 11.3 Å². The molecule has 5 nitrogen and oxygen atoms in total.